The van der Waals surface area contributed by atoms with Crippen molar-refractivity contribution in [1.29, 1.82) is 0 Å². The van der Waals surface area contributed by atoms with E-state index in [2.05, 4.69) is 15.1 Å². The highest BCUT2D eigenvalue weighted by Crippen LogP contribution is 2.30. The molecule has 2 aromatic heterocycles. The Morgan fingerprint density at radius 3 is 3.15 bits per heavy atom. The lowest BCUT2D eigenvalue weighted by Gasteiger charge is -2.22. The highest BCUT2D eigenvalue weighted by Gasteiger charge is 2.32. The first-order valence-electron chi connectivity index (χ1n) is 6.79. The standard InChI is InChI=1S/C13H17N5O2/c1-10-15-13(16-20-10)11-3-2-6-18(11)12(19)4-7-17-8-5-14-9-17/h5,8-9,11H,2-4,6-7H2,1H3. The van der Waals surface area contributed by atoms with E-state index in [1.54, 1.807) is 19.4 Å². The minimum atomic E-state index is -0.0391. The molecular weight excluding hydrogens is 258 g/mol. The number of aryl methyl sites for hydroxylation is 2. The molecule has 0 N–H and O–H groups in total. The van der Waals surface area contributed by atoms with Crippen LogP contribution in [0.4, 0.5) is 0 Å². The van der Waals surface area contributed by atoms with Crippen molar-refractivity contribution in [1.82, 2.24) is 24.6 Å². The van der Waals surface area contributed by atoms with E-state index in [1.165, 1.54) is 0 Å². The monoisotopic (exact) mass is 275 g/mol. The van der Waals surface area contributed by atoms with Crippen molar-refractivity contribution < 1.29 is 9.32 Å². The Bertz CT molecular complexity index is 577. The van der Waals surface area contributed by atoms with Gasteiger partial charge < -0.3 is 14.0 Å². The van der Waals surface area contributed by atoms with Gasteiger partial charge in [0.15, 0.2) is 5.82 Å². The molecule has 1 atom stereocenters. The molecule has 1 unspecified atom stereocenters. The molecule has 7 nitrogen and oxygen atoms in total. The van der Waals surface area contributed by atoms with Crippen LogP contribution < -0.4 is 0 Å². The summed E-state index contributed by atoms with van der Waals surface area (Å²) < 4.78 is 6.92. The lowest BCUT2D eigenvalue weighted by atomic mass is 10.2. The molecule has 0 aromatic carbocycles. The lowest BCUT2D eigenvalue weighted by Crippen LogP contribution is -2.31. The van der Waals surface area contributed by atoms with E-state index in [0.29, 0.717) is 24.7 Å². The summed E-state index contributed by atoms with van der Waals surface area (Å²) >= 11 is 0. The number of hydrogen-bond acceptors (Lipinski definition) is 5. The van der Waals surface area contributed by atoms with Crippen LogP contribution in [0.15, 0.2) is 23.2 Å². The first kappa shape index (κ1) is 12.8. The molecule has 1 aliphatic heterocycles. The van der Waals surface area contributed by atoms with Gasteiger partial charge in [0.1, 0.15) is 0 Å². The fourth-order valence-electron chi connectivity index (χ4n) is 2.57. The predicted molar refractivity (Wildman–Crippen MR) is 69.6 cm³/mol. The molecule has 106 valence electrons. The molecule has 0 saturated carbocycles. The quantitative estimate of drug-likeness (QED) is 0.841. The molecule has 0 radical (unpaired) electrons. The predicted octanol–water partition coefficient (Wildman–Crippen LogP) is 1.33. The Labute approximate surface area is 116 Å². The molecule has 0 aliphatic carbocycles. The molecule has 20 heavy (non-hydrogen) atoms. The number of carbonyl (C=O) groups is 1. The zero-order valence-electron chi connectivity index (χ0n) is 11.4. The first-order chi connectivity index (χ1) is 9.74. The Hall–Kier alpha value is -2.18. The summed E-state index contributed by atoms with van der Waals surface area (Å²) in [6, 6.07) is -0.0391. The van der Waals surface area contributed by atoms with E-state index in [9.17, 15) is 4.79 Å². The fraction of sp³-hybridized carbons (Fsp3) is 0.538. The third-order valence-corrected chi connectivity index (χ3v) is 3.56. The van der Waals surface area contributed by atoms with Crippen LogP contribution in [0.1, 0.15) is 37.0 Å². The van der Waals surface area contributed by atoms with Gasteiger partial charge in [-0.1, -0.05) is 5.16 Å². The van der Waals surface area contributed by atoms with Gasteiger partial charge in [-0.25, -0.2) is 4.98 Å². The molecule has 7 heteroatoms. The maximum Gasteiger partial charge on any atom is 0.224 e. The Morgan fingerprint density at radius 2 is 2.45 bits per heavy atom. The average molecular weight is 275 g/mol. The second kappa shape index (κ2) is 5.44. The molecule has 1 saturated heterocycles. The second-order valence-electron chi connectivity index (χ2n) is 4.97. The van der Waals surface area contributed by atoms with Crippen LogP contribution in [0.2, 0.25) is 0 Å². The maximum absolute atomic E-state index is 12.3. The van der Waals surface area contributed by atoms with E-state index in [-0.39, 0.29) is 11.9 Å². The van der Waals surface area contributed by atoms with Gasteiger partial charge in [0.05, 0.1) is 12.4 Å². The lowest BCUT2D eigenvalue weighted by molar-refractivity contribution is -0.132. The summed E-state index contributed by atoms with van der Waals surface area (Å²) in [4.78, 5) is 22.4. The van der Waals surface area contributed by atoms with Gasteiger partial charge in [0.25, 0.3) is 0 Å². The summed E-state index contributed by atoms with van der Waals surface area (Å²) in [6.45, 7) is 3.17. The highest BCUT2D eigenvalue weighted by atomic mass is 16.5. The fourth-order valence-corrected chi connectivity index (χ4v) is 2.57. The molecule has 1 amide bonds. The van der Waals surface area contributed by atoms with Gasteiger partial charge in [-0.05, 0) is 12.8 Å². The van der Waals surface area contributed by atoms with Gasteiger partial charge in [-0.15, -0.1) is 0 Å². The summed E-state index contributed by atoms with van der Waals surface area (Å²) in [7, 11) is 0. The van der Waals surface area contributed by atoms with E-state index in [0.717, 1.165) is 19.4 Å². The summed E-state index contributed by atoms with van der Waals surface area (Å²) in [5.74, 6) is 1.29. The van der Waals surface area contributed by atoms with Crippen LogP contribution in [0, 0.1) is 6.92 Å². The van der Waals surface area contributed by atoms with E-state index < -0.39 is 0 Å². The van der Waals surface area contributed by atoms with Crippen LogP contribution >= 0.6 is 0 Å². The zero-order valence-corrected chi connectivity index (χ0v) is 11.4. The minimum Gasteiger partial charge on any atom is -0.340 e. The van der Waals surface area contributed by atoms with Crippen LogP contribution in [0.25, 0.3) is 0 Å². The van der Waals surface area contributed by atoms with Gasteiger partial charge in [-0.2, -0.15) is 4.98 Å². The van der Waals surface area contributed by atoms with Crippen LogP contribution in [0.5, 0.6) is 0 Å². The minimum absolute atomic E-state index is 0.0391. The summed E-state index contributed by atoms with van der Waals surface area (Å²) in [5, 5.41) is 3.95. The SMILES string of the molecule is Cc1nc(C2CCCN2C(=O)CCn2ccnc2)no1. The van der Waals surface area contributed by atoms with Crippen molar-refractivity contribution in [2.45, 2.75) is 38.8 Å². The Morgan fingerprint density at radius 1 is 1.55 bits per heavy atom. The van der Waals surface area contributed by atoms with Crippen molar-refractivity contribution in [2.24, 2.45) is 0 Å². The Balaban J connectivity index is 1.64. The largest absolute Gasteiger partial charge is 0.340 e. The van der Waals surface area contributed by atoms with E-state index in [4.69, 9.17) is 4.52 Å². The van der Waals surface area contributed by atoms with Crippen molar-refractivity contribution >= 4 is 5.91 Å². The number of imidazole rings is 1. The number of nitrogens with zero attached hydrogens (tertiary/aromatic N) is 5. The second-order valence-corrected chi connectivity index (χ2v) is 4.97. The third-order valence-electron chi connectivity index (χ3n) is 3.56. The van der Waals surface area contributed by atoms with Crippen LogP contribution in [-0.4, -0.2) is 37.0 Å². The highest BCUT2D eigenvalue weighted by molar-refractivity contribution is 5.76. The Kier molecular flexibility index (Phi) is 3.49. The molecular formula is C13H17N5O2. The molecule has 1 aliphatic rings. The number of hydrogen-bond donors (Lipinski definition) is 0. The van der Waals surface area contributed by atoms with Crippen molar-refractivity contribution in [3.63, 3.8) is 0 Å². The van der Waals surface area contributed by atoms with Crippen LogP contribution in [0.3, 0.4) is 0 Å². The van der Waals surface area contributed by atoms with Crippen molar-refractivity contribution in [2.75, 3.05) is 6.54 Å². The average Bonchev–Trinajstić information content (AvgIpc) is 3.16. The smallest absolute Gasteiger partial charge is 0.224 e. The van der Waals surface area contributed by atoms with Gasteiger partial charge >= 0.3 is 0 Å². The van der Waals surface area contributed by atoms with E-state index >= 15 is 0 Å². The maximum atomic E-state index is 12.3. The molecule has 3 rings (SSSR count). The van der Waals surface area contributed by atoms with Gasteiger partial charge in [-0.3, -0.25) is 4.79 Å². The normalized spacial score (nSPS) is 18.6. The number of carbonyl (C=O) groups excluding carboxylic acids is 1. The number of rotatable bonds is 4. The molecule has 0 spiro atoms. The van der Waals surface area contributed by atoms with Crippen molar-refractivity contribution in [3.8, 4) is 0 Å². The number of aromatic nitrogens is 4. The van der Waals surface area contributed by atoms with Gasteiger partial charge in [0.2, 0.25) is 11.8 Å². The molecule has 2 aromatic rings. The zero-order chi connectivity index (χ0) is 13.9. The van der Waals surface area contributed by atoms with E-state index in [1.807, 2.05) is 15.7 Å². The van der Waals surface area contributed by atoms with Crippen molar-refractivity contribution in [3.05, 3.63) is 30.4 Å². The third kappa shape index (κ3) is 2.56. The molecule has 0 bridgehead atoms. The first-order valence-corrected chi connectivity index (χ1v) is 6.79. The molecule has 3 heterocycles. The summed E-state index contributed by atoms with van der Waals surface area (Å²) in [5.41, 5.74) is 0. The van der Waals surface area contributed by atoms with Crippen LogP contribution in [-0.2, 0) is 11.3 Å². The number of likely N-dealkylation sites (tertiary alicyclic amines) is 1. The number of amides is 1. The van der Waals surface area contributed by atoms with Gasteiger partial charge in [0, 0.05) is 38.8 Å². The molecule has 1 fully saturated rings. The summed E-state index contributed by atoms with van der Waals surface area (Å²) in [6.07, 6.45) is 7.63. The topological polar surface area (TPSA) is 77.1 Å².